The molecule has 0 atom stereocenters. The summed E-state index contributed by atoms with van der Waals surface area (Å²) in [4.78, 5) is 45.5. The van der Waals surface area contributed by atoms with Gasteiger partial charge in [0.1, 0.15) is 5.54 Å². The minimum Gasteiger partial charge on any atom is -0.334 e. The van der Waals surface area contributed by atoms with Crippen molar-refractivity contribution in [1.29, 1.82) is 0 Å². The van der Waals surface area contributed by atoms with Crippen molar-refractivity contribution in [2.24, 2.45) is 5.92 Å². The highest BCUT2D eigenvalue weighted by Gasteiger charge is 2.44. The molecule has 6 nitrogen and oxygen atoms in total. The average Bonchev–Trinajstić information content (AvgIpc) is 3.33. The molecule has 0 radical (unpaired) electrons. The number of Topliss-reactive ketones (excluding diaryl/α,β-unsaturated/α-hetero) is 1. The highest BCUT2D eigenvalue weighted by Crippen LogP contribution is 2.42. The van der Waals surface area contributed by atoms with Crippen molar-refractivity contribution in [2.45, 2.75) is 52.0 Å². The number of carbonyl (C=O) groups excluding carboxylic acids is 5. The predicted octanol–water partition coefficient (Wildman–Crippen LogP) is 3.79. The van der Waals surface area contributed by atoms with Crippen LogP contribution in [0.3, 0.4) is 0 Å². The summed E-state index contributed by atoms with van der Waals surface area (Å²) in [5, 5.41) is 0. The van der Waals surface area contributed by atoms with Crippen LogP contribution in [0.4, 0.5) is 0 Å². The molecular formula is C22H25NO5. The Bertz CT molecular complexity index is 818. The van der Waals surface area contributed by atoms with E-state index in [0.29, 0.717) is 5.78 Å². The summed E-state index contributed by atoms with van der Waals surface area (Å²) in [6, 6.07) is 12.8. The molecule has 0 aliphatic heterocycles. The van der Waals surface area contributed by atoms with Gasteiger partial charge in [-0.3, -0.25) is 4.79 Å². The van der Waals surface area contributed by atoms with E-state index in [4.69, 9.17) is 19.2 Å². The summed E-state index contributed by atoms with van der Waals surface area (Å²) < 4.78 is 2.26. The molecule has 1 aliphatic rings. The third-order valence-corrected chi connectivity index (χ3v) is 4.97. The number of aryl methyl sites for hydroxylation is 1. The second-order valence-electron chi connectivity index (χ2n) is 7.05. The van der Waals surface area contributed by atoms with Gasteiger partial charge in [0.15, 0.2) is 5.78 Å². The molecule has 1 fully saturated rings. The van der Waals surface area contributed by atoms with Crippen LogP contribution < -0.4 is 0 Å². The number of nitrogens with zero attached hydrogens (tertiary/aromatic N) is 1. The van der Waals surface area contributed by atoms with Crippen LogP contribution in [0.1, 0.15) is 45.1 Å². The lowest BCUT2D eigenvalue weighted by Crippen LogP contribution is -2.41. The summed E-state index contributed by atoms with van der Waals surface area (Å²) in [5.41, 5.74) is 3.28. The van der Waals surface area contributed by atoms with Gasteiger partial charge in [0, 0.05) is 17.8 Å². The third kappa shape index (κ3) is 5.23. The van der Waals surface area contributed by atoms with E-state index in [0.717, 1.165) is 31.4 Å². The summed E-state index contributed by atoms with van der Waals surface area (Å²) in [6.07, 6.45) is 6.82. The molecule has 3 rings (SSSR count). The Labute approximate surface area is 164 Å². The molecule has 6 heteroatoms. The van der Waals surface area contributed by atoms with Crippen molar-refractivity contribution < 1.29 is 24.0 Å². The van der Waals surface area contributed by atoms with Crippen LogP contribution in [-0.2, 0) is 29.5 Å². The first kappa shape index (κ1) is 23.0. The van der Waals surface area contributed by atoms with E-state index >= 15 is 0 Å². The van der Waals surface area contributed by atoms with Crippen LogP contribution in [0.2, 0.25) is 0 Å². The molecule has 1 saturated carbocycles. The average molecular weight is 383 g/mol. The molecule has 0 spiro atoms. The fourth-order valence-electron chi connectivity index (χ4n) is 3.82. The standard InChI is InChI=1S/C20H25NO.2CO2/c1-15(2)19(22)20(12-4-5-13-20)21-14-6-7-18(21)17-10-8-16(3)9-11-17;2*2-1-3/h6-11,14-15H,4-5,12-13H2,1-3H3;;. The van der Waals surface area contributed by atoms with Crippen LogP contribution in [0, 0.1) is 12.8 Å². The molecule has 0 amide bonds. The van der Waals surface area contributed by atoms with Gasteiger partial charge < -0.3 is 4.57 Å². The lowest BCUT2D eigenvalue weighted by molar-refractivity contribution is -0.193. The largest absolute Gasteiger partial charge is 0.373 e. The molecule has 1 heterocycles. The van der Waals surface area contributed by atoms with Gasteiger partial charge in [-0.2, -0.15) is 19.2 Å². The first-order valence-electron chi connectivity index (χ1n) is 9.15. The Morgan fingerprint density at radius 3 is 1.93 bits per heavy atom. The van der Waals surface area contributed by atoms with Crippen molar-refractivity contribution in [3.05, 3.63) is 48.2 Å². The molecule has 1 aliphatic carbocycles. The quantitative estimate of drug-likeness (QED) is 0.801. The summed E-state index contributed by atoms with van der Waals surface area (Å²) >= 11 is 0. The van der Waals surface area contributed by atoms with Crippen LogP contribution in [0.5, 0.6) is 0 Å². The summed E-state index contributed by atoms with van der Waals surface area (Å²) in [6.45, 7) is 6.15. The highest BCUT2D eigenvalue weighted by molar-refractivity contribution is 5.89. The first-order valence-corrected chi connectivity index (χ1v) is 9.15. The molecule has 1 aromatic carbocycles. The lowest BCUT2D eigenvalue weighted by atomic mass is 9.85. The minimum atomic E-state index is -0.335. The van der Waals surface area contributed by atoms with E-state index in [1.807, 2.05) is 13.8 Å². The topological polar surface area (TPSA) is 90.3 Å². The van der Waals surface area contributed by atoms with E-state index in [9.17, 15) is 4.79 Å². The van der Waals surface area contributed by atoms with Crippen molar-refractivity contribution in [2.75, 3.05) is 0 Å². The van der Waals surface area contributed by atoms with Crippen LogP contribution in [-0.4, -0.2) is 22.7 Å². The maximum atomic E-state index is 13.0. The molecule has 0 unspecified atom stereocenters. The van der Waals surface area contributed by atoms with Gasteiger partial charge in [0.05, 0.1) is 0 Å². The number of aromatic nitrogens is 1. The monoisotopic (exact) mass is 383 g/mol. The summed E-state index contributed by atoms with van der Waals surface area (Å²) in [5.74, 6) is 0.459. The van der Waals surface area contributed by atoms with E-state index in [1.165, 1.54) is 11.1 Å². The molecule has 148 valence electrons. The number of hydrogen-bond donors (Lipinski definition) is 0. The maximum absolute atomic E-state index is 13.0. The van der Waals surface area contributed by atoms with Crippen LogP contribution >= 0.6 is 0 Å². The lowest BCUT2D eigenvalue weighted by Gasteiger charge is -2.33. The maximum Gasteiger partial charge on any atom is 0.373 e. The third-order valence-electron chi connectivity index (χ3n) is 4.97. The molecule has 28 heavy (non-hydrogen) atoms. The van der Waals surface area contributed by atoms with Crippen molar-refractivity contribution in [3.63, 3.8) is 0 Å². The van der Waals surface area contributed by atoms with E-state index in [2.05, 4.69) is 54.1 Å². The van der Waals surface area contributed by atoms with Gasteiger partial charge in [-0.05, 0) is 37.5 Å². The second kappa shape index (κ2) is 10.9. The van der Waals surface area contributed by atoms with Gasteiger partial charge >= 0.3 is 12.3 Å². The number of hydrogen-bond acceptors (Lipinski definition) is 5. The molecule has 0 N–H and O–H groups in total. The Morgan fingerprint density at radius 2 is 1.46 bits per heavy atom. The van der Waals surface area contributed by atoms with E-state index in [-0.39, 0.29) is 23.8 Å². The SMILES string of the molecule is Cc1ccc(-c2cccn2C2(C(=O)C(C)C)CCCC2)cc1.O=C=O.O=C=O. The van der Waals surface area contributed by atoms with Crippen LogP contribution in [0.15, 0.2) is 42.6 Å². The van der Waals surface area contributed by atoms with Crippen molar-refractivity contribution >= 4 is 18.1 Å². The highest BCUT2D eigenvalue weighted by atomic mass is 16.2. The number of carbonyl (C=O) groups is 1. The molecule has 0 bridgehead atoms. The predicted molar refractivity (Wildman–Crippen MR) is 101 cm³/mol. The molecule has 2 aromatic rings. The number of benzene rings is 1. The fraction of sp³-hybridized carbons (Fsp3) is 0.409. The van der Waals surface area contributed by atoms with Gasteiger partial charge in [0.25, 0.3) is 0 Å². The van der Waals surface area contributed by atoms with E-state index < -0.39 is 0 Å². The van der Waals surface area contributed by atoms with Crippen molar-refractivity contribution in [1.82, 2.24) is 4.57 Å². The Kier molecular flexibility index (Phi) is 8.97. The van der Waals surface area contributed by atoms with Crippen LogP contribution in [0.25, 0.3) is 11.3 Å². The molecule has 0 saturated heterocycles. The van der Waals surface area contributed by atoms with Gasteiger partial charge in [-0.25, -0.2) is 0 Å². The number of ketones is 1. The van der Waals surface area contributed by atoms with Gasteiger partial charge in [-0.1, -0.05) is 56.5 Å². The normalized spacial score (nSPS) is 14.0. The van der Waals surface area contributed by atoms with Gasteiger partial charge in [0.2, 0.25) is 0 Å². The fourth-order valence-corrected chi connectivity index (χ4v) is 3.82. The minimum absolute atomic E-state index is 0.0753. The zero-order valence-corrected chi connectivity index (χ0v) is 16.4. The zero-order chi connectivity index (χ0) is 21.2. The first-order chi connectivity index (χ1) is 13.4. The Morgan fingerprint density at radius 1 is 0.964 bits per heavy atom. The van der Waals surface area contributed by atoms with Gasteiger partial charge in [-0.15, -0.1) is 0 Å². The van der Waals surface area contributed by atoms with E-state index in [1.54, 1.807) is 0 Å². The molecule has 1 aromatic heterocycles. The number of rotatable bonds is 4. The second-order valence-corrected chi connectivity index (χ2v) is 7.05. The zero-order valence-electron chi connectivity index (χ0n) is 16.4. The summed E-state index contributed by atoms with van der Waals surface area (Å²) in [7, 11) is 0. The molecular weight excluding hydrogens is 358 g/mol. The smallest absolute Gasteiger partial charge is 0.334 e. The van der Waals surface area contributed by atoms with Crippen molar-refractivity contribution in [3.8, 4) is 11.3 Å². The Balaban J connectivity index is 0.000000582. The Hall–Kier alpha value is -3.07.